The minimum absolute atomic E-state index is 0.109. The Bertz CT molecular complexity index is 554. The Balaban J connectivity index is 1.93. The standard InChI is InChI=1S/C12H14ClN3O5/c13-9-3-1-7(16(18)19)5-11(9)20-6-8-2-4-10(21-8)12(17)15-14/h1,3,5,8,10H,2,4,6,14H2,(H,15,17). The van der Waals surface area contributed by atoms with Crippen LogP contribution >= 0.6 is 11.6 Å². The first-order valence-electron chi connectivity index (χ1n) is 6.24. The number of hydrogen-bond donors (Lipinski definition) is 2. The molecule has 1 aromatic carbocycles. The fraction of sp³-hybridized carbons (Fsp3) is 0.417. The minimum atomic E-state index is -0.593. The summed E-state index contributed by atoms with van der Waals surface area (Å²) < 4.78 is 10.9. The highest BCUT2D eigenvalue weighted by atomic mass is 35.5. The molecule has 0 spiro atoms. The largest absolute Gasteiger partial charge is 0.489 e. The van der Waals surface area contributed by atoms with E-state index < -0.39 is 11.0 Å². The molecule has 9 heteroatoms. The van der Waals surface area contributed by atoms with Gasteiger partial charge in [-0.05, 0) is 18.9 Å². The van der Waals surface area contributed by atoms with Crippen LogP contribution in [0.2, 0.25) is 5.02 Å². The second-order valence-electron chi connectivity index (χ2n) is 4.52. The number of nitro groups is 1. The first-order valence-corrected chi connectivity index (χ1v) is 6.61. The van der Waals surface area contributed by atoms with E-state index in [0.717, 1.165) is 0 Å². The van der Waals surface area contributed by atoms with Gasteiger partial charge >= 0.3 is 0 Å². The normalized spacial score (nSPS) is 21.0. The van der Waals surface area contributed by atoms with E-state index in [-0.39, 0.29) is 35.1 Å². The van der Waals surface area contributed by atoms with Gasteiger partial charge in [0.05, 0.1) is 22.1 Å². The lowest BCUT2D eigenvalue weighted by molar-refractivity contribution is -0.384. The second-order valence-corrected chi connectivity index (χ2v) is 4.92. The monoisotopic (exact) mass is 315 g/mol. The number of carbonyl (C=O) groups excluding carboxylic acids is 1. The van der Waals surface area contributed by atoms with Gasteiger partial charge in [-0.2, -0.15) is 0 Å². The van der Waals surface area contributed by atoms with Gasteiger partial charge in [0.1, 0.15) is 18.5 Å². The summed E-state index contributed by atoms with van der Waals surface area (Å²) in [5, 5.41) is 11.0. The number of non-ortho nitro benzene ring substituents is 1. The molecule has 114 valence electrons. The molecule has 2 rings (SSSR count). The molecule has 1 amide bonds. The topological polar surface area (TPSA) is 117 Å². The van der Waals surface area contributed by atoms with Crippen LogP contribution < -0.4 is 16.0 Å². The van der Waals surface area contributed by atoms with Crippen molar-refractivity contribution in [2.45, 2.75) is 25.0 Å². The van der Waals surface area contributed by atoms with Crippen molar-refractivity contribution in [3.63, 3.8) is 0 Å². The molecule has 1 fully saturated rings. The van der Waals surface area contributed by atoms with E-state index in [2.05, 4.69) is 0 Å². The summed E-state index contributed by atoms with van der Waals surface area (Å²) in [5.74, 6) is 4.86. The Hall–Kier alpha value is -1.90. The lowest BCUT2D eigenvalue weighted by Gasteiger charge is -2.14. The lowest BCUT2D eigenvalue weighted by Crippen LogP contribution is -2.39. The number of nitrogens with two attached hydrogens (primary N) is 1. The third kappa shape index (κ3) is 3.81. The Morgan fingerprint density at radius 3 is 3.00 bits per heavy atom. The predicted molar refractivity (Wildman–Crippen MR) is 73.8 cm³/mol. The first kappa shape index (κ1) is 15.5. The number of rotatable bonds is 5. The summed E-state index contributed by atoms with van der Waals surface area (Å²) in [6, 6.07) is 3.94. The summed E-state index contributed by atoms with van der Waals surface area (Å²) in [5.41, 5.74) is 1.92. The summed E-state index contributed by atoms with van der Waals surface area (Å²) in [4.78, 5) is 21.5. The third-order valence-corrected chi connectivity index (χ3v) is 3.40. The van der Waals surface area contributed by atoms with Gasteiger partial charge in [-0.25, -0.2) is 5.84 Å². The SMILES string of the molecule is NNC(=O)C1CCC(COc2cc([N+](=O)[O-])ccc2Cl)O1. The van der Waals surface area contributed by atoms with Crippen LogP contribution in [0.25, 0.3) is 0 Å². The molecule has 8 nitrogen and oxygen atoms in total. The number of nitrogens with zero attached hydrogens (tertiary/aromatic N) is 1. The van der Waals surface area contributed by atoms with Gasteiger partial charge < -0.3 is 9.47 Å². The molecule has 1 heterocycles. The molecule has 0 saturated carbocycles. The van der Waals surface area contributed by atoms with E-state index in [1.807, 2.05) is 5.43 Å². The fourth-order valence-corrected chi connectivity index (χ4v) is 2.19. The number of hydrazine groups is 1. The van der Waals surface area contributed by atoms with Crippen LogP contribution in [0.1, 0.15) is 12.8 Å². The van der Waals surface area contributed by atoms with Gasteiger partial charge in [0.2, 0.25) is 0 Å². The molecule has 1 saturated heterocycles. The Morgan fingerprint density at radius 2 is 2.33 bits per heavy atom. The summed E-state index contributed by atoms with van der Waals surface area (Å²) in [6.07, 6.45) is 0.288. The molecule has 3 N–H and O–H groups in total. The molecular formula is C12H14ClN3O5. The van der Waals surface area contributed by atoms with Crippen molar-refractivity contribution >= 4 is 23.2 Å². The highest BCUT2D eigenvalue weighted by Crippen LogP contribution is 2.30. The van der Waals surface area contributed by atoms with Crippen LogP contribution in [0.3, 0.4) is 0 Å². The molecule has 0 aliphatic carbocycles. The van der Waals surface area contributed by atoms with Gasteiger partial charge in [0.25, 0.3) is 11.6 Å². The number of halogens is 1. The predicted octanol–water partition coefficient (Wildman–Crippen LogP) is 1.16. The lowest BCUT2D eigenvalue weighted by atomic mass is 10.2. The maximum Gasteiger partial charge on any atom is 0.273 e. The summed E-state index contributed by atoms with van der Waals surface area (Å²) >= 11 is 5.92. The van der Waals surface area contributed by atoms with Crippen molar-refractivity contribution in [1.29, 1.82) is 0 Å². The van der Waals surface area contributed by atoms with E-state index in [9.17, 15) is 14.9 Å². The molecule has 1 aromatic rings. The number of amides is 1. The number of hydrogen-bond acceptors (Lipinski definition) is 6. The Morgan fingerprint density at radius 1 is 1.57 bits per heavy atom. The maximum absolute atomic E-state index is 11.3. The van der Waals surface area contributed by atoms with Crippen LogP contribution in [0.15, 0.2) is 18.2 Å². The van der Waals surface area contributed by atoms with E-state index >= 15 is 0 Å². The maximum atomic E-state index is 11.3. The van der Waals surface area contributed by atoms with Crippen molar-refractivity contribution < 1.29 is 19.2 Å². The highest BCUT2D eigenvalue weighted by Gasteiger charge is 2.30. The van der Waals surface area contributed by atoms with Crippen LogP contribution in [-0.4, -0.2) is 29.6 Å². The molecule has 2 unspecified atom stereocenters. The molecule has 1 aliphatic heterocycles. The second kappa shape index (κ2) is 6.70. The average molecular weight is 316 g/mol. The third-order valence-electron chi connectivity index (χ3n) is 3.09. The van der Waals surface area contributed by atoms with E-state index in [1.54, 1.807) is 0 Å². The van der Waals surface area contributed by atoms with Gasteiger partial charge in [-0.3, -0.25) is 20.3 Å². The highest BCUT2D eigenvalue weighted by molar-refractivity contribution is 6.32. The van der Waals surface area contributed by atoms with Crippen molar-refractivity contribution in [3.8, 4) is 5.75 Å². The number of carbonyl (C=O) groups is 1. The molecule has 0 aromatic heterocycles. The van der Waals surface area contributed by atoms with Crippen molar-refractivity contribution in [2.24, 2.45) is 5.84 Å². The number of ether oxygens (including phenoxy) is 2. The van der Waals surface area contributed by atoms with Gasteiger partial charge in [0, 0.05) is 6.07 Å². The molecule has 2 atom stereocenters. The molecule has 0 bridgehead atoms. The van der Waals surface area contributed by atoms with E-state index in [0.29, 0.717) is 12.8 Å². The summed E-state index contributed by atoms with van der Waals surface area (Å²) in [6.45, 7) is 0.148. The van der Waals surface area contributed by atoms with Crippen molar-refractivity contribution in [1.82, 2.24) is 5.43 Å². The number of nitrogens with one attached hydrogen (secondary N) is 1. The zero-order chi connectivity index (χ0) is 15.4. The first-order chi connectivity index (χ1) is 10.0. The zero-order valence-electron chi connectivity index (χ0n) is 11.0. The average Bonchev–Trinajstić information content (AvgIpc) is 2.94. The Kier molecular flexibility index (Phi) is 4.94. The quantitative estimate of drug-likeness (QED) is 0.364. The van der Waals surface area contributed by atoms with Crippen LogP contribution in [-0.2, 0) is 9.53 Å². The molecule has 21 heavy (non-hydrogen) atoms. The smallest absolute Gasteiger partial charge is 0.273 e. The minimum Gasteiger partial charge on any atom is -0.489 e. The van der Waals surface area contributed by atoms with Crippen molar-refractivity contribution in [2.75, 3.05) is 6.61 Å². The molecular weight excluding hydrogens is 302 g/mol. The number of nitro benzene ring substituents is 1. The molecule has 0 radical (unpaired) electrons. The van der Waals surface area contributed by atoms with Crippen LogP contribution in [0, 0.1) is 10.1 Å². The van der Waals surface area contributed by atoms with Crippen LogP contribution in [0.4, 0.5) is 5.69 Å². The van der Waals surface area contributed by atoms with Crippen LogP contribution in [0.5, 0.6) is 5.75 Å². The van der Waals surface area contributed by atoms with Crippen molar-refractivity contribution in [3.05, 3.63) is 33.3 Å². The van der Waals surface area contributed by atoms with Gasteiger partial charge in [0.15, 0.2) is 0 Å². The Labute approximate surface area is 125 Å². The van der Waals surface area contributed by atoms with E-state index in [4.69, 9.17) is 26.9 Å². The molecule has 1 aliphatic rings. The number of benzene rings is 1. The van der Waals surface area contributed by atoms with E-state index in [1.165, 1.54) is 18.2 Å². The fourth-order valence-electron chi connectivity index (χ4n) is 2.01. The zero-order valence-corrected chi connectivity index (χ0v) is 11.7. The van der Waals surface area contributed by atoms with Gasteiger partial charge in [-0.1, -0.05) is 11.6 Å². The summed E-state index contributed by atoms with van der Waals surface area (Å²) in [7, 11) is 0. The van der Waals surface area contributed by atoms with Gasteiger partial charge in [-0.15, -0.1) is 0 Å².